The van der Waals surface area contributed by atoms with E-state index in [1.54, 1.807) is 5.38 Å². The van der Waals surface area contributed by atoms with Gasteiger partial charge >= 0.3 is 11.5 Å². The Morgan fingerprint density at radius 3 is 2.45 bits per heavy atom. The number of hydrogen-bond acceptors (Lipinski definition) is 6. The molecule has 0 unspecified atom stereocenters. The first-order chi connectivity index (χ1) is 14.8. The van der Waals surface area contributed by atoms with Gasteiger partial charge in [0.05, 0.1) is 17.7 Å². The van der Waals surface area contributed by atoms with Gasteiger partial charge in [-0.3, -0.25) is 4.79 Å². The molecule has 0 spiro atoms. The number of thiazole rings is 1. The zero-order valence-corrected chi connectivity index (χ0v) is 17.7. The van der Waals surface area contributed by atoms with E-state index in [2.05, 4.69) is 10.3 Å². The van der Waals surface area contributed by atoms with Gasteiger partial charge in [-0.1, -0.05) is 30.3 Å². The summed E-state index contributed by atoms with van der Waals surface area (Å²) in [6, 6.07) is 14.5. The Kier molecular flexibility index (Phi) is 7.69. The standard InChI is InChI=1S/C21H17F3N2O3S2/c22-21(23,24)31-17-8-6-15(7-9-17)20(28)29-12-16-13-30-19(26-16)10-18(27)25-11-14-4-2-1-3-5-14/h1-9,13H,10-12H2,(H,25,27). The molecule has 3 rings (SSSR count). The maximum atomic E-state index is 12.4. The van der Waals surface area contributed by atoms with Crippen molar-refractivity contribution in [3.8, 4) is 0 Å². The minimum Gasteiger partial charge on any atom is -0.456 e. The fourth-order valence-corrected chi connectivity index (χ4v) is 3.82. The molecule has 1 amide bonds. The van der Waals surface area contributed by atoms with Crippen LogP contribution >= 0.6 is 23.1 Å². The molecule has 0 saturated heterocycles. The number of esters is 1. The van der Waals surface area contributed by atoms with Gasteiger partial charge in [-0.2, -0.15) is 13.2 Å². The number of benzene rings is 2. The molecule has 10 heteroatoms. The van der Waals surface area contributed by atoms with Gasteiger partial charge in [0, 0.05) is 16.8 Å². The van der Waals surface area contributed by atoms with Crippen LogP contribution in [0.4, 0.5) is 13.2 Å². The third-order valence-electron chi connectivity index (χ3n) is 3.92. The van der Waals surface area contributed by atoms with Crippen LogP contribution in [0.5, 0.6) is 0 Å². The minimum absolute atomic E-state index is 0.0151. The van der Waals surface area contributed by atoms with Gasteiger partial charge in [-0.15, -0.1) is 11.3 Å². The Hall–Kier alpha value is -2.85. The van der Waals surface area contributed by atoms with Gasteiger partial charge in [-0.05, 0) is 41.6 Å². The molecule has 1 aromatic heterocycles. The van der Waals surface area contributed by atoms with Crippen molar-refractivity contribution in [1.82, 2.24) is 10.3 Å². The Labute approximate surface area is 184 Å². The number of amides is 1. The zero-order chi connectivity index (χ0) is 22.3. The molecule has 0 aliphatic heterocycles. The lowest BCUT2D eigenvalue weighted by molar-refractivity contribution is -0.120. The highest BCUT2D eigenvalue weighted by atomic mass is 32.2. The summed E-state index contributed by atoms with van der Waals surface area (Å²) < 4.78 is 42.2. The smallest absolute Gasteiger partial charge is 0.446 e. The highest BCUT2D eigenvalue weighted by Crippen LogP contribution is 2.36. The van der Waals surface area contributed by atoms with E-state index in [4.69, 9.17) is 4.74 Å². The number of hydrogen-bond donors (Lipinski definition) is 1. The third-order valence-corrected chi connectivity index (χ3v) is 5.56. The van der Waals surface area contributed by atoms with Crippen LogP contribution in [0.1, 0.15) is 26.6 Å². The number of nitrogens with zero attached hydrogens (tertiary/aromatic N) is 1. The maximum Gasteiger partial charge on any atom is 0.446 e. The summed E-state index contributed by atoms with van der Waals surface area (Å²) >= 11 is 1.03. The molecule has 31 heavy (non-hydrogen) atoms. The van der Waals surface area contributed by atoms with Crippen LogP contribution < -0.4 is 5.32 Å². The third kappa shape index (κ3) is 7.72. The molecule has 3 aromatic rings. The van der Waals surface area contributed by atoms with E-state index in [-0.39, 0.29) is 41.2 Å². The zero-order valence-electron chi connectivity index (χ0n) is 16.0. The van der Waals surface area contributed by atoms with E-state index in [0.717, 1.165) is 5.56 Å². The molecule has 1 N–H and O–H groups in total. The molecular formula is C21H17F3N2O3S2. The average Bonchev–Trinajstić information content (AvgIpc) is 3.18. The Bertz CT molecular complexity index is 1020. The lowest BCUT2D eigenvalue weighted by atomic mass is 10.2. The molecule has 162 valence electrons. The summed E-state index contributed by atoms with van der Waals surface area (Å²) in [6.07, 6.45) is 0.115. The van der Waals surface area contributed by atoms with Crippen LogP contribution in [0.25, 0.3) is 0 Å². The lowest BCUT2D eigenvalue weighted by Gasteiger charge is -2.06. The summed E-state index contributed by atoms with van der Waals surface area (Å²) in [7, 11) is 0. The molecule has 1 heterocycles. The number of ether oxygens (including phenoxy) is 1. The Morgan fingerprint density at radius 2 is 1.77 bits per heavy atom. The van der Waals surface area contributed by atoms with Crippen LogP contribution in [0, 0.1) is 0 Å². The molecule has 5 nitrogen and oxygen atoms in total. The molecule has 0 aliphatic carbocycles. The molecule has 0 radical (unpaired) electrons. The first-order valence-corrected chi connectivity index (χ1v) is 10.7. The number of nitrogens with one attached hydrogen (secondary N) is 1. The van der Waals surface area contributed by atoms with E-state index >= 15 is 0 Å². The van der Waals surface area contributed by atoms with Crippen molar-refractivity contribution in [3.05, 3.63) is 81.8 Å². The highest BCUT2D eigenvalue weighted by molar-refractivity contribution is 8.00. The number of rotatable bonds is 8. The second-order valence-electron chi connectivity index (χ2n) is 6.32. The van der Waals surface area contributed by atoms with Gasteiger partial charge in [0.15, 0.2) is 0 Å². The van der Waals surface area contributed by atoms with Crippen LogP contribution in [-0.4, -0.2) is 22.4 Å². The normalized spacial score (nSPS) is 11.2. The summed E-state index contributed by atoms with van der Waals surface area (Å²) in [4.78, 5) is 28.4. The SMILES string of the molecule is O=C(Cc1nc(COC(=O)c2ccc(SC(F)(F)F)cc2)cs1)NCc1ccccc1. The van der Waals surface area contributed by atoms with E-state index < -0.39 is 11.5 Å². The number of aromatic nitrogens is 1. The van der Waals surface area contributed by atoms with E-state index in [0.29, 0.717) is 17.2 Å². The van der Waals surface area contributed by atoms with E-state index in [1.165, 1.54) is 35.6 Å². The van der Waals surface area contributed by atoms with E-state index in [1.807, 2.05) is 30.3 Å². The maximum absolute atomic E-state index is 12.4. The second kappa shape index (κ2) is 10.5. The topological polar surface area (TPSA) is 68.3 Å². The molecule has 0 fully saturated rings. The summed E-state index contributed by atoms with van der Waals surface area (Å²) in [5, 5.41) is 5.10. The van der Waals surface area contributed by atoms with Crippen LogP contribution in [0.2, 0.25) is 0 Å². The van der Waals surface area contributed by atoms with Gasteiger partial charge < -0.3 is 10.1 Å². The fraction of sp³-hybridized carbons (Fsp3) is 0.190. The molecule has 0 bridgehead atoms. The number of thioether (sulfide) groups is 1. The van der Waals surface area contributed by atoms with Crippen LogP contribution in [-0.2, 0) is 29.1 Å². The van der Waals surface area contributed by atoms with Gasteiger partial charge in [0.2, 0.25) is 5.91 Å². The molecular weight excluding hydrogens is 449 g/mol. The van der Waals surface area contributed by atoms with E-state index in [9.17, 15) is 22.8 Å². The first-order valence-electron chi connectivity index (χ1n) is 9.05. The average molecular weight is 467 g/mol. The predicted molar refractivity (Wildman–Crippen MR) is 112 cm³/mol. The highest BCUT2D eigenvalue weighted by Gasteiger charge is 2.29. The minimum atomic E-state index is -4.39. The van der Waals surface area contributed by atoms with Crippen molar-refractivity contribution in [2.45, 2.75) is 30.0 Å². The summed E-state index contributed by atoms with van der Waals surface area (Å²) in [6.45, 7) is 0.329. The van der Waals surface area contributed by atoms with Crippen molar-refractivity contribution in [1.29, 1.82) is 0 Å². The van der Waals surface area contributed by atoms with Crippen molar-refractivity contribution in [2.75, 3.05) is 0 Å². The number of carbonyl (C=O) groups is 2. The van der Waals surface area contributed by atoms with Crippen molar-refractivity contribution in [3.63, 3.8) is 0 Å². The number of carbonyl (C=O) groups excluding carboxylic acids is 2. The first kappa shape index (κ1) is 22.8. The number of alkyl halides is 3. The van der Waals surface area contributed by atoms with Gasteiger partial charge in [0.1, 0.15) is 11.6 Å². The fourth-order valence-electron chi connectivity index (χ4n) is 2.51. The monoisotopic (exact) mass is 466 g/mol. The van der Waals surface area contributed by atoms with Crippen molar-refractivity contribution in [2.24, 2.45) is 0 Å². The van der Waals surface area contributed by atoms with Crippen molar-refractivity contribution >= 4 is 35.0 Å². The van der Waals surface area contributed by atoms with Crippen molar-refractivity contribution < 1.29 is 27.5 Å². The Morgan fingerprint density at radius 1 is 1.06 bits per heavy atom. The molecule has 0 saturated carbocycles. The molecule has 0 atom stereocenters. The largest absolute Gasteiger partial charge is 0.456 e. The quantitative estimate of drug-likeness (QED) is 0.375. The lowest BCUT2D eigenvalue weighted by Crippen LogP contribution is -2.24. The Balaban J connectivity index is 1.45. The second-order valence-corrected chi connectivity index (χ2v) is 8.40. The van der Waals surface area contributed by atoms with Gasteiger partial charge in [-0.25, -0.2) is 9.78 Å². The summed E-state index contributed by atoms with van der Waals surface area (Å²) in [5.41, 5.74) is -2.76. The molecule has 0 aliphatic rings. The predicted octanol–water partition coefficient (Wildman–Crippen LogP) is 4.97. The van der Waals surface area contributed by atoms with Gasteiger partial charge in [0.25, 0.3) is 0 Å². The summed E-state index contributed by atoms with van der Waals surface area (Å²) in [5.74, 6) is -0.836. The van der Waals surface area contributed by atoms with Crippen LogP contribution in [0.3, 0.4) is 0 Å². The van der Waals surface area contributed by atoms with Crippen LogP contribution in [0.15, 0.2) is 64.9 Å². The number of halogens is 3. The molecule has 2 aromatic carbocycles.